The summed E-state index contributed by atoms with van der Waals surface area (Å²) in [6.45, 7) is 6.78. The molecule has 4 rings (SSSR count). The average molecular weight is 409 g/mol. The first kappa shape index (κ1) is 20.1. The smallest absolute Gasteiger partial charge is 0.320 e. The molecule has 0 spiro atoms. The molecule has 0 amide bonds. The van der Waals surface area contributed by atoms with Crippen molar-refractivity contribution in [1.29, 1.82) is 0 Å². The molecule has 0 radical (unpaired) electrons. The maximum atomic E-state index is 5.35. The van der Waals surface area contributed by atoms with Crippen molar-refractivity contribution < 1.29 is 4.74 Å². The van der Waals surface area contributed by atoms with Crippen LogP contribution in [0.1, 0.15) is 41.3 Å². The fraction of sp³-hybridized carbons (Fsp3) is 0.476. The van der Waals surface area contributed by atoms with Crippen molar-refractivity contribution in [2.24, 2.45) is 0 Å². The highest BCUT2D eigenvalue weighted by Gasteiger charge is 2.26. The second-order valence-electron chi connectivity index (χ2n) is 7.76. The number of nitrogens with one attached hydrogen (secondary N) is 2. The van der Waals surface area contributed by atoms with Gasteiger partial charge in [-0.15, -0.1) is 10.2 Å². The van der Waals surface area contributed by atoms with Gasteiger partial charge in [-0.3, -0.25) is 0 Å². The van der Waals surface area contributed by atoms with Crippen molar-refractivity contribution in [2.45, 2.75) is 39.0 Å². The van der Waals surface area contributed by atoms with Crippen molar-refractivity contribution in [1.82, 2.24) is 30.6 Å². The van der Waals surface area contributed by atoms with Crippen molar-refractivity contribution in [2.75, 3.05) is 37.0 Å². The molecule has 3 heterocycles. The molecule has 9 nitrogen and oxygen atoms in total. The van der Waals surface area contributed by atoms with Crippen LogP contribution >= 0.6 is 0 Å². The van der Waals surface area contributed by atoms with Crippen LogP contribution in [0.15, 0.2) is 24.3 Å². The first-order valence-electron chi connectivity index (χ1n) is 10.3. The summed E-state index contributed by atoms with van der Waals surface area (Å²) in [6.07, 6.45) is 3.01. The summed E-state index contributed by atoms with van der Waals surface area (Å²) in [5, 5.41) is 18.0. The lowest BCUT2D eigenvalue weighted by Gasteiger charge is -2.32. The lowest BCUT2D eigenvalue weighted by molar-refractivity contribution is 0.379. The van der Waals surface area contributed by atoms with E-state index in [1.807, 2.05) is 6.07 Å². The molecule has 2 N–H and O–H groups in total. The Morgan fingerprint density at radius 1 is 1.23 bits per heavy atom. The van der Waals surface area contributed by atoms with Crippen LogP contribution in [0.2, 0.25) is 0 Å². The first-order valence-corrected chi connectivity index (χ1v) is 10.3. The summed E-state index contributed by atoms with van der Waals surface area (Å²) in [7, 11) is 1.59. The molecule has 1 aliphatic rings. The molecule has 1 unspecified atom stereocenters. The number of methoxy groups -OCH3 is 1. The van der Waals surface area contributed by atoms with Crippen LogP contribution in [-0.2, 0) is 6.42 Å². The third-order valence-electron chi connectivity index (χ3n) is 5.55. The number of aromatic nitrogens is 6. The monoisotopic (exact) mass is 408 g/mol. The summed E-state index contributed by atoms with van der Waals surface area (Å²) in [5.41, 5.74) is 3.95. The van der Waals surface area contributed by atoms with E-state index in [0.717, 1.165) is 56.4 Å². The van der Waals surface area contributed by atoms with Gasteiger partial charge < -0.3 is 15.0 Å². The second-order valence-corrected chi connectivity index (χ2v) is 7.76. The topological polar surface area (TPSA) is 105 Å². The maximum absolute atomic E-state index is 5.35. The van der Waals surface area contributed by atoms with Crippen LogP contribution in [0.25, 0.3) is 0 Å². The molecule has 0 bridgehead atoms. The molecule has 158 valence electrons. The van der Waals surface area contributed by atoms with E-state index in [4.69, 9.17) is 4.74 Å². The van der Waals surface area contributed by atoms with Gasteiger partial charge in [-0.1, -0.05) is 29.0 Å². The highest BCUT2D eigenvalue weighted by Crippen LogP contribution is 2.28. The van der Waals surface area contributed by atoms with Crippen molar-refractivity contribution in [3.8, 4) is 6.01 Å². The van der Waals surface area contributed by atoms with Gasteiger partial charge in [0.05, 0.1) is 7.11 Å². The number of rotatable bonds is 7. The number of hydrogen-bond donors (Lipinski definition) is 2. The van der Waals surface area contributed by atoms with Gasteiger partial charge >= 0.3 is 6.01 Å². The molecule has 3 aromatic rings. The molecular weight excluding hydrogens is 380 g/mol. The minimum Gasteiger partial charge on any atom is -0.467 e. The highest BCUT2D eigenvalue weighted by atomic mass is 16.5. The fourth-order valence-corrected chi connectivity index (χ4v) is 3.95. The standard InChI is InChI=1S/C21H28N8O/c1-14-6-7-16(15(2)11-14)8-9-22-18-12-19(24-21(23-18)30-3)29-10-4-5-17(13-29)20-25-27-28-26-20/h6-7,11-12,17H,4-5,8-10,13H2,1-3H3,(H,22,23,24)(H,25,26,27,28). The van der Waals surface area contributed by atoms with Gasteiger partial charge in [-0.05, 0) is 44.2 Å². The summed E-state index contributed by atoms with van der Waals surface area (Å²) >= 11 is 0. The summed E-state index contributed by atoms with van der Waals surface area (Å²) < 4.78 is 5.35. The normalized spacial score (nSPS) is 16.5. The third kappa shape index (κ3) is 4.67. The Morgan fingerprint density at radius 3 is 2.90 bits per heavy atom. The number of aromatic amines is 1. The van der Waals surface area contributed by atoms with Crippen LogP contribution in [-0.4, -0.2) is 57.3 Å². The number of piperidine rings is 1. The molecule has 0 saturated carbocycles. The molecule has 1 saturated heterocycles. The van der Waals surface area contributed by atoms with Crippen molar-refractivity contribution in [3.63, 3.8) is 0 Å². The van der Waals surface area contributed by atoms with Gasteiger partial charge in [-0.2, -0.15) is 15.2 Å². The number of tetrazole rings is 1. The molecule has 1 atom stereocenters. The molecule has 0 aliphatic carbocycles. The molecule has 1 aliphatic heterocycles. The van der Waals surface area contributed by atoms with E-state index >= 15 is 0 Å². The Balaban J connectivity index is 1.45. The van der Waals surface area contributed by atoms with Crippen LogP contribution in [0.5, 0.6) is 6.01 Å². The van der Waals surface area contributed by atoms with E-state index in [1.54, 1.807) is 7.11 Å². The lowest BCUT2D eigenvalue weighted by atomic mass is 9.97. The van der Waals surface area contributed by atoms with Crippen molar-refractivity contribution in [3.05, 3.63) is 46.8 Å². The second kappa shape index (κ2) is 9.06. The predicted molar refractivity (Wildman–Crippen MR) is 115 cm³/mol. The fourth-order valence-electron chi connectivity index (χ4n) is 3.95. The maximum Gasteiger partial charge on any atom is 0.320 e. The minimum absolute atomic E-state index is 0.236. The number of nitrogens with zero attached hydrogens (tertiary/aromatic N) is 6. The number of aryl methyl sites for hydroxylation is 2. The zero-order valence-electron chi connectivity index (χ0n) is 17.7. The van der Waals surface area contributed by atoms with Crippen LogP contribution < -0.4 is 15.0 Å². The zero-order valence-corrected chi connectivity index (χ0v) is 17.7. The number of ether oxygens (including phenoxy) is 1. The lowest BCUT2D eigenvalue weighted by Crippen LogP contribution is -2.35. The Hall–Kier alpha value is -3.23. The quantitative estimate of drug-likeness (QED) is 0.615. The molecular formula is C21H28N8O. The van der Waals surface area contributed by atoms with Crippen LogP contribution in [0.4, 0.5) is 11.6 Å². The van der Waals surface area contributed by atoms with E-state index in [0.29, 0.717) is 6.01 Å². The molecule has 1 fully saturated rings. The minimum atomic E-state index is 0.236. The van der Waals surface area contributed by atoms with Gasteiger partial charge in [0.25, 0.3) is 0 Å². The van der Waals surface area contributed by atoms with Crippen molar-refractivity contribution >= 4 is 11.6 Å². The molecule has 1 aromatic carbocycles. The Labute approximate surface area is 176 Å². The van der Waals surface area contributed by atoms with Gasteiger partial charge in [-0.25, -0.2) is 0 Å². The third-order valence-corrected chi connectivity index (χ3v) is 5.55. The van der Waals surface area contributed by atoms with Gasteiger partial charge in [0.2, 0.25) is 0 Å². The predicted octanol–water partition coefficient (Wildman–Crippen LogP) is 2.65. The summed E-state index contributed by atoms with van der Waals surface area (Å²) in [6, 6.07) is 8.93. The van der Waals surface area contributed by atoms with E-state index in [1.165, 1.54) is 16.7 Å². The van der Waals surface area contributed by atoms with E-state index < -0.39 is 0 Å². The van der Waals surface area contributed by atoms with Gasteiger partial charge in [0, 0.05) is 31.6 Å². The van der Waals surface area contributed by atoms with Crippen LogP contribution in [0.3, 0.4) is 0 Å². The summed E-state index contributed by atoms with van der Waals surface area (Å²) in [5.74, 6) is 2.61. The van der Waals surface area contributed by atoms with Gasteiger partial charge in [0.1, 0.15) is 11.6 Å². The number of anilines is 2. The Morgan fingerprint density at radius 2 is 2.13 bits per heavy atom. The molecule has 2 aromatic heterocycles. The molecule has 9 heteroatoms. The number of benzene rings is 1. The van der Waals surface area contributed by atoms with E-state index in [9.17, 15) is 0 Å². The largest absolute Gasteiger partial charge is 0.467 e. The van der Waals surface area contributed by atoms with E-state index in [-0.39, 0.29) is 5.92 Å². The highest BCUT2D eigenvalue weighted by molar-refractivity contribution is 5.51. The van der Waals surface area contributed by atoms with Crippen LogP contribution in [0, 0.1) is 13.8 Å². The SMILES string of the molecule is COc1nc(NCCc2ccc(C)cc2C)cc(N2CCCC(c3nn[nH]n3)C2)n1. The number of hydrogen-bond acceptors (Lipinski definition) is 8. The Bertz CT molecular complexity index is 975. The average Bonchev–Trinajstić information content (AvgIpc) is 3.30. The Kier molecular flexibility index (Phi) is 6.06. The first-order chi connectivity index (χ1) is 14.6. The molecule has 30 heavy (non-hydrogen) atoms. The zero-order chi connectivity index (χ0) is 20.9. The number of H-pyrrole nitrogens is 1. The van der Waals surface area contributed by atoms with Gasteiger partial charge in [0.15, 0.2) is 5.82 Å². The summed E-state index contributed by atoms with van der Waals surface area (Å²) in [4.78, 5) is 11.3. The van der Waals surface area contributed by atoms with E-state index in [2.05, 4.69) is 72.9 Å².